The Morgan fingerprint density at radius 2 is 1.70 bits per heavy atom. The fourth-order valence-electron chi connectivity index (χ4n) is 4.22. The molecule has 0 radical (unpaired) electrons. The van der Waals surface area contributed by atoms with Crippen LogP contribution in [0.25, 0.3) is 10.9 Å². The van der Waals surface area contributed by atoms with Crippen LogP contribution in [0, 0.1) is 5.92 Å². The molecule has 1 N–H and O–H groups in total. The van der Waals surface area contributed by atoms with Gasteiger partial charge in [0.2, 0.25) is 0 Å². The van der Waals surface area contributed by atoms with E-state index in [0.717, 1.165) is 17.3 Å². The number of hydrogen-bond donors (Lipinski definition) is 1. The summed E-state index contributed by atoms with van der Waals surface area (Å²) in [5.74, 6) is 3.17. The summed E-state index contributed by atoms with van der Waals surface area (Å²) in [5.41, 5.74) is 1.38. The first-order valence-corrected chi connectivity index (χ1v) is 11.4. The second kappa shape index (κ2) is 10.9. The number of amides is 1. The Hall–Kier alpha value is -3.48. The van der Waals surface area contributed by atoms with Gasteiger partial charge in [-0.15, -0.1) is 0 Å². The van der Waals surface area contributed by atoms with Gasteiger partial charge in [0, 0.05) is 23.3 Å². The predicted molar refractivity (Wildman–Crippen MR) is 128 cm³/mol. The van der Waals surface area contributed by atoms with Gasteiger partial charge in [0.1, 0.15) is 11.5 Å². The number of nitrogens with zero attached hydrogens (tertiary/aromatic N) is 1. The molecule has 0 spiro atoms. The number of carbonyl (C=O) groups excluding carboxylic acids is 1. The quantitative estimate of drug-likeness (QED) is 0.418. The number of methoxy groups -OCH3 is 2. The molecule has 7 nitrogen and oxygen atoms in total. The molecule has 4 rings (SSSR count). The average molecular weight is 451 g/mol. The summed E-state index contributed by atoms with van der Waals surface area (Å²) in [6.07, 6.45) is 8.61. The number of carbonyl (C=O) groups is 1. The molecule has 0 unspecified atom stereocenters. The molecule has 33 heavy (non-hydrogen) atoms. The number of rotatable bonds is 8. The zero-order valence-corrected chi connectivity index (χ0v) is 19.1. The Morgan fingerprint density at radius 1 is 0.970 bits per heavy atom. The lowest BCUT2D eigenvalue weighted by Crippen LogP contribution is -2.16. The van der Waals surface area contributed by atoms with Crippen LogP contribution in [0.3, 0.4) is 0 Å². The highest BCUT2D eigenvalue weighted by atomic mass is 16.5. The van der Waals surface area contributed by atoms with Crippen LogP contribution in [0.15, 0.2) is 48.7 Å². The van der Waals surface area contributed by atoms with Gasteiger partial charge in [-0.3, -0.25) is 10.3 Å². The number of benzene rings is 2. The number of fused-ring (bicyclic) bond motifs is 1. The third-order valence-electron chi connectivity index (χ3n) is 6.02. The van der Waals surface area contributed by atoms with Gasteiger partial charge in [-0.1, -0.05) is 32.1 Å². The normalized spacial score (nSPS) is 14.0. The largest absolute Gasteiger partial charge is 0.493 e. The Balaban J connectivity index is 1.35. The van der Waals surface area contributed by atoms with Crippen molar-refractivity contribution in [3.63, 3.8) is 0 Å². The van der Waals surface area contributed by atoms with Crippen LogP contribution in [0.2, 0.25) is 0 Å². The highest BCUT2D eigenvalue weighted by Gasteiger charge is 2.14. The van der Waals surface area contributed by atoms with Crippen LogP contribution in [-0.2, 0) is 4.74 Å². The Bertz CT molecular complexity index is 1080. The van der Waals surface area contributed by atoms with E-state index in [4.69, 9.17) is 18.9 Å². The lowest BCUT2D eigenvalue weighted by molar-refractivity contribution is 0.148. The molecule has 1 aliphatic rings. The minimum Gasteiger partial charge on any atom is -0.493 e. The predicted octanol–water partition coefficient (Wildman–Crippen LogP) is 6.56. The minimum atomic E-state index is -0.430. The number of hydrogen-bond acceptors (Lipinski definition) is 6. The average Bonchev–Trinajstić information content (AvgIpc) is 2.85. The summed E-state index contributed by atoms with van der Waals surface area (Å²) in [4.78, 5) is 16.5. The number of ether oxygens (including phenoxy) is 4. The van der Waals surface area contributed by atoms with Crippen LogP contribution < -0.4 is 19.5 Å². The standard InChI is InChI=1S/C26H30N2O5/c1-30-24-16-21-22(17-25(24)31-2)27-14-12-23(21)33-20-10-8-19(9-11-20)28-26(29)32-15-13-18-6-4-3-5-7-18/h8-12,14,16-18H,3-7,13,15H2,1-2H3,(H,28,29). The maximum absolute atomic E-state index is 12.1. The Kier molecular flexibility index (Phi) is 7.50. The Morgan fingerprint density at radius 3 is 2.42 bits per heavy atom. The zero-order valence-electron chi connectivity index (χ0n) is 19.1. The van der Waals surface area contributed by atoms with Crippen molar-refractivity contribution in [2.24, 2.45) is 5.92 Å². The molecule has 0 bridgehead atoms. The molecule has 0 atom stereocenters. The van der Waals surface area contributed by atoms with E-state index in [9.17, 15) is 4.79 Å². The van der Waals surface area contributed by atoms with Gasteiger partial charge in [-0.2, -0.15) is 0 Å². The molecular formula is C26H30N2O5. The molecule has 0 aliphatic heterocycles. The van der Waals surface area contributed by atoms with Gasteiger partial charge < -0.3 is 18.9 Å². The van der Waals surface area contributed by atoms with E-state index < -0.39 is 6.09 Å². The summed E-state index contributed by atoms with van der Waals surface area (Å²) < 4.78 is 22.2. The maximum atomic E-state index is 12.1. The lowest BCUT2D eigenvalue weighted by Gasteiger charge is -2.21. The number of anilines is 1. The first kappa shape index (κ1) is 22.7. The second-order valence-electron chi connectivity index (χ2n) is 8.21. The van der Waals surface area contributed by atoms with Crippen LogP contribution in [0.1, 0.15) is 38.5 Å². The van der Waals surface area contributed by atoms with Crippen molar-refractivity contribution in [1.29, 1.82) is 0 Å². The van der Waals surface area contributed by atoms with Gasteiger partial charge in [-0.05, 0) is 48.7 Å². The summed E-state index contributed by atoms with van der Waals surface area (Å²) in [6, 6.07) is 12.6. The third-order valence-corrected chi connectivity index (χ3v) is 6.02. The van der Waals surface area contributed by atoms with Crippen LogP contribution >= 0.6 is 0 Å². The Labute approximate surface area is 194 Å². The van der Waals surface area contributed by atoms with Crippen LogP contribution in [0.4, 0.5) is 10.5 Å². The molecule has 3 aromatic rings. The summed E-state index contributed by atoms with van der Waals surface area (Å²) >= 11 is 0. The fraction of sp³-hybridized carbons (Fsp3) is 0.385. The van der Waals surface area contributed by atoms with E-state index in [0.29, 0.717) is 41.2 Å². The number of aromatic nitrogens is 1. The molecule has 1 fully saturated rings. The van der Waals surface area contributed by atoms with Crippen molar-refractivity contribution in [3.05, 3.63) is 48.7 Å². The van der Waals surface area contributed by atoms with Crippen molar-refractivity contribution in [3.8, 4) is 23.0 Å². The molecule has 1 aliphatic carbocycles. The van der Waals surface area contributed by atoms with E-state index in [2.05, 4.69) is 10.3 Å². The summed E-state index contributed by atoms with van der Waals surface area (Å²) in [7, 11) is 3.18. The monoisotopic (exact) mass is 450 g/mol. The highest BCUT2D eigenvalue weighted by Crippen LogP contribution is 2.37. The smallest absolute Gasteiger partial charge is 0.411 e. The van der Waals surface area contributed by atoms with Crippen molar-refractivity contribution < 1.29 is 23.7 Å². The molecular weight excluding hydrogens is 420 g/mol. The molecule has 0 saturated heterocycles. The van der Waals surface area contributed by atoms with E-state index in [1.165, 1.54) is 32.1 Å². The van der Waals surface area contributed by atoms with Gasteiger partial charge in [-0.25, -0.2) is 4.79 Å². The van der Waals surface area contributed by atoms with E-state index in [-0.39, 0.29) is 0 Å². The highest BCUT2D eigenvalue weighted by molar-refractivity contribution is 5.88. The van der Waals surface area contributed by atoms with Crippen molar-refractivity contribution in [2.75, 3.05) is 26.1 Å². The summed E-state index contributed by atoms with van der Waals surface area (Å²) in [5, 5.41) is 3.58. The van der Waals surface area contributed by atoms with Gasteiger partial charge in [0.25, 0.3) is 0 Å². The van der Waals surface area contributed by atoms with Crippen molar-refractivity contribution in [2.45, 2.75) is 38.5 Å². The molecule has 7 heteroatoms. The molecule has 1 aromatic heterocycles. The van der Waals surface area contributed by atoms with Crippen molar-refractivity contribution in [1.82, 2.24) is 4.98 Å². The summed E-state index contributed by atoms with van der Waals surface area (Å²) in [6.45, 7) is 0.459. The van der Waals surface area contributed by atoms with Gasteiger partial charge in [0.15, 0.2) is 11.5 Å². The molecule has 2 aromatic carbocycles. The first-order chi connectivity index (χ1) is 16.2. The molecule has 1 saturated carbocycles. The molecule has 1 amide bonds. The van der Waals surface area contributed by atoms with E-state index in [1.54, 1.807) is 50.7 Å². The van der Waals surface area contributed by atoms with Gasteiger partial charge in [0.05, 0.1) is 26.3 Å². The second-order valence-corrected chi connectivity index (χ2v) is 8.21. The first-order valence-electron chi connectivity index (χ1n) is 11.4. The minimum absolute atomic E-state index is 0.430. The van der Waals surface area contributed by atoms with Gasteiger partial charge >= 0.3 is 6.09 Å². The number of nitrogens with one attached hydrogen (secondary N) is 1. The third kappa shape index (κ3) is 5.86. The lowest BCUT2D eigenvalue weighted by atomic mass is 9.87. The number of pyridine rings is 1. The van der Waals surface area contributed by atoms with Crippen LogP contribution in [-0.4, -0.2) is 31.9 Å². The SMILES string of the molecule is COc1cc2nccc(Oc3ccc(NC(=O)OCCC4CCCCC4)cc3)c2cc1OC. The molecule has 174 valence electrons. The van der Waals surface area contributed by atoms with Crippen molar-refractivity contribution >= 4 is 22.7 Å². The zero-order chi connectivity index (χ0) is 23.0. The maximum Gasteiger partial charge on any atom is 0.411 e. The topological polar surface area (TPSA) is 78.9 Å². The van der Waals surface area contributed by atoms with E-state index in [1.807, 2.05) is 12.1 Å². The fourth-order valence-corrected chi connectivity index (χ4v) is 4.22. The van der Waals surface area contributed by atoms with Crippen LogP contribution in [0.5, 0.6) is 23.0 Å². The van der Waals surface area contributed by atoms with E-state index >= 15 is 0 Å². The molecule has 1 heterocycles.